The molecule has 0 aliphatic rings. The quantitative estimate of drug-likeness (QED) is 0.194. The number of nitrogens with two attached hydrogens (primary N) is 2. The van der Waals surface area contributed by atoms with Crippen LogP contribution in [0.15, 0.2) is 10.2 Å². The molecule has 0 bridgehead atoms. The van der Waals surface area contributed by atoms with Crippen molar-refractivity contribution in [2.75, 3.05) is 13.1 Å². The number of azo groups is 1. The van der Waals surface area contributed by atoms with Gasteiger partial charge >= 0.3 is 11.9 Å². The highest BCUT2D eigenvalue weighted by molar-refractivity contribution is 5.67. The lowest BCUT2D eigenvalue weighted by Gasteiger charge is -2.09. The van der Waals surface area contributed by atoms with Crippen molar-refractivity contribution < 1.29 is 19.8 Å². The highest BCUT2D eigenvalue weighted by Crippen LogP contribution is 1.85. The maximum Gasteiger partial charge on any atom is 0.304 e. The van der Waals surface area contributed by atoms with E-state index in [1.165, 1.54) is 0 Å². The van der Waals surface area contributed by atoms with Gasteiger partial charge in [0.2, 0.25) is 0 Å². The second-order valence-electron chi connectivity index (χ2n) is 3.32. The van der Waals surface area contributed by atoms with E-state index in [1.54, 1.807) is 0 Å². The van der Waals surface area contributed by atoms with Crippen molar-refractivity contribution in [3.05, 3.63) is 0 Å². The summed E-state index contributed by atoms with van der Waals surface area (Å²) in [7, 11) is 0. The summed E-state index contributed by atoms with van der Waals surface area (Å²) < 4.78 is 0. The van der Waals surface area contributed by atoms with Gasteiger partial charge in [0.15, 0.2) is 12.6 Å². The van der Waals surface area contributed by atoms with Gasteiger partial charge in [0, 0.05) is 13.1 Å². The molecule has 0 aromatic rings. The SMILES string of the molecule is NC(/N=N/C(N)NCCC(=O)O)NCCC(=O)O. The number of carboxylic acid groups (broad SMARTS) is 2. The molecule has 0 radical (unpaired) electrons. The summed E-state index contributed by atoms with van der Waals surface area (Å²) in [5.41, 5.74) is 10.9. The van der Waals surface area contributed by atoms with Crippen LogP contribution < -0.4 is 22.1 Å². The average molecular weight is 262 g/mol. The fourth-order valence-electron chi connectivity index (χ4n) is 0.879. The van der Waals surface area contributed by atoms with Gasteiger partial charge in [-0.3, -0.25) is 31.7 Å². The Morgan fingerprint density at radius 2 is 1.28 bits per heavy atom. The number of aliphatic carboxylic acids is 2. The number of hydrogen-bond acceptors (Lipinski definition) is 8. The highest BCUT2D eigenvalue weighted by Gasteiger charge is 2.03. The van der Waals surface area contributed by atoms with Gasteiger partial charge in [-0.1, -0.05) is 0 Å². The monoisotopic (exact) mass is 262 g/mol. The zero-order chi connectivity index (χ0) is 14.0. The molecule has 8 N–H and O–H groups in total. The topological polar surface area (TPSA) is 175 Å². The molecule has 0 aliphatic heterocycles. The second kappa shape index (κ2) is 9.41. The third kappa shape index (κ3) is 10.9. The molecule has 0 heterocycles. The van der Waals surface area contributed by atoms with Gasteiger partial charge in [-0.05, 0) is 0 Å². The fraction of sp³-hybridized carbons (Fsp3) is 0.750. The molecule has 0 rings (SSSR count). The van der Waals surface area contributed by atoms with Crippen molar-refractivity contribution >= 4 is 11.9 Å². The van der Waals surface area contributed by atoms with E-state index in [9.17, 15) is 9.59 Å². The van der Waals surface area contributed by atoms with Crippen LogP contribution in [0.4, 0.5) is 0 Å². The van der Waals surface area contributed by atoms with Crippen molar-refractivity contribution in [3.8, 4) is 0 Å². The van der Waals surface area contributed by atoms with E-state index in [0.717, 1.165) is 0 Å². The Bertz CT molecular complexity index is 269. The van der Waals surface area contributed by atoms with E-state index in [2.05, 4.69) is 20.9 Å². The number of rotatable bonds is 10. The van der Waals surface area contributed by atoms with E-state index in [1.807, 2.05) is 0 Å². The first kappa shape index (κ1) is 16.4. The molecule has 0 aromatic carbocycles. The molecule has 10 heteroatoms. The minimum atomic E-state index is -0.946. The molecular weight excluding hydrogens is 244 g/mol. The molecular formula is C8H18N6O4. The first-order valence-corrected chi connectivity index (χ1v) is 5.23. The van der Waals surface area contributed by atoms with E-state index < -0.39 is 24.5 Å². The van der Waals surface area contributed by atoms with Crippen LogP contribution in [0.25, 0.3) is 0 Å². The molecule has 0 saturated carbocycles. The van der Waals surface area contributed by atoms with Gasteiger partial charge in [-0.25, -0.2) is 0 Å². The van der Waals surface area contributed by atoms with Crippen LogP contribution in [0.2, 0.25) is 0 Å². The Hall–Kier alpha value is -1.62. The summed E-state index contributed by atoms with van der Waals surface area (Å²) in [6.07, 6.45) is -1.86. The van der Waals surface area contributed by atoms with Crippen LogP contribution in [0.3, 0.4) is 0 Å². The first-order chi connectivity index (χ1) is 8.41. The van der Waals surface area contributed by atoms with Crippen LogP contribution in [-0.4, -0.2) is 47.8 Å². The van der Waals surface area contributed by atoms with Gasteiger partial charge in [0.1, 0.15) is 0 Å². The molecule has 0 spiro atoms. The summed E-state index contributed by atoms with van der Waals surface area (Å²) in [6.45, 7) is 0.328. The second-order valence-corrected chi connectivity index (χ2v) is 3.32. The summed E-state index contributed by atoms with van der Waals surface area (Å²) >= 11 is 0. The molecule has 0 aliphatic carbocycles. The lowest BCUT2D eigenvalue weighted by molar-refractivity contribution is -0.137. The molecule has 0 aromatic heterocycles. The molecule has 10 nitrogen and oxygen atoms in total. The third-order valence-corrected chi connectivity index (χ3v) is 1.70. The smallest absolute Gasteiger partial charge is 0.304 e. The van der Waals surface area contributed by atoms with Gasteiger partial charge in [0.25, 0.3) is 0 Å². The normalized spacial score (nSPS) is 14.6. The highest BCUT2D eigenvalue weighted by atomic mass is 16.4. The predicted molar refractivity (Wildman–Crippen MR) is 61.3 cm³/mol. The number of nitrogens with one attached hydrogen (secondary N) is 2. The fourth-order valence-corrected chi connectivity index (χ4v) is 0.879. The van der Waals surface area contributed by atoms with Crippen LogP contribution in [0, 0.1) is 0 Å². The lowest BCUT2D eigenvalue weighted by Crippen LogP contribution is -2.39. The average Bonchev–Trinajstić information content (AvgIpc) is 2.25. The largest absolute Gasteiger partial charge is 0.481 e. The van der Waals surface area contributed by atoms with Crippen LogP contribution >= 0.6 is 0 Å². The maximum atomic E-state index is 10.2. The van der Waals surface area contributed by atoms with Gasteiger partial charge < -0.3 is 10.2 Å². The molecule has 18 heavy (non-hydrogen) atoms. The van der Waals surface area contributed by atoms with E-state index in [0.29, 0.717) is 0 Å². The van der Waals surface area contributed by atoms with Gasteiger partial charge in [-0.15, -0.1) is 0 Å². The Kier molecular flexibility index (Phi) is 8.57. The molecule has 2 unspecified atom stereocenters. The summed E-state index contributed by atoms with van der Waals surface area (Å²) in [4.78, 5) is 20.4. The van der Waals surface area contributed by atoms with Gasteiger partial charge in [-0.2, -0.15) is 10.2 Å². The number of hydrogen-bond donors (Lipinski definition) is 6. The van der Waals surface area contributed by atoms with Crippen molar-refractivity contribution in [2.24, 2.45) is 21.7 Å². The predicted octanol–water partition coefficient (Wildman–Crippen LogP) is -1.95. The van der Waals surface area contributed by atoms with Crippen LogP contribution in [-0.2, 0) is 9.59 Å². The van der Waals surface area contributed by atoms with Crippen molar-refractivity contribution in [1.29, 1.82) is 0 Å². The zero-order valence-corrected chi connectivity index (χ0v) is 9.74. The number of carbonyl (C=O) groups is 2. The van der Waals surface area contributed by atoms with E-state index in [-0.39, 0.29) is 25.9 Å². The Morgan fingerprint density at radius 3 is 1.56 bits per heavy atom. The molecule has 2 atom stereocenters. The van der Waals surface area contributed by atoms with Crippen LogP contribution in [0.5, 0.6) is 0 Å². The zero-order valence-electron chi connectivity index (χ0n) is 9.74. The Balaban J connectivity index is 3.70. The standard InChI is InChI=1S/C8H18N6O4/c9-7(11-3-1-5(15)16)13-14-8(10)12-4-2-6(17)18/h7-8,11-12H,1-4,9-10H2,(H,15,16)(H,17,18)/b14-13+. The number of carboxylic acids is 2. The number of nitrogens with zero attached hydrogens (tertiary/aromatic N) is 2. The van der Waals surface area contributed by atoms with Crippen LogP contribution in [0.1, 0.15) is 12.8 Å². The van der Waals surface area contributed by atoms with Crippen molar-refractivity contribution in [1.82, 2.24) is 10.6 Å². The van der Waals surface area contributed by atoms with Crippen molar-refractivity contribution in [3.63, 3.8) is 0 Å². The van der Waals surface area contributed by atoms with Gasteiger partial charge in [0.05, 0.1) is 12.8 Å². The Morgan fingerprint density at radius 1 is 0.944 bits per heavy atom. The minimum Gasteiger partial charge on any atom is -0.481 e. The third-order valence-electron chi connectivity index (χ3n) is 1.70. The maximum absolute atomic E-state index is 10.2. The lowest BCUT2D eigenvalue weighted by atomic mass is 10.4. The Labute approximate surface area is 103 Å². The summed E-state index contributed by atoms with van der Waals surface area (Å²) in [5, 5.41) is 29.1. The first-order valence-electron chi connectivity index (χ1n) is 5.23. The summed E-state index contributed by atoms with van der Waals surface area (Å²) in [6, 6.07) is 0. The molecule has 0 fully saturated rings. The van der Waals surface area contributed by atoms with E-state index in [4.69, 9.17) is 21.7 Å². The molecule has 0 saturated heterocycles. The van der Waals surface area contributed by atoms with Crippen molar-refractivity contribution in [2.45, 2.75) is 25.4 Å². The molecule has 0 amide bonds. The van der Waals surface area contributed by atoms with E-state index >= 15 is 0 Å². The summed E-state index contributed by atoms with van der Waals surface area (Å²) in [5.74, 6) is -1.89. The molecule has 104 valence electrons. The minimum absolute atomic E-state index is 0.0772.